The molecule has 0 aromatic carbocycles. The summed E-state index contributed by atoms with van der Waals surface area (Å²) >= 11 is 0. The Morgan fingerprint density at radius 1 is 0.367 bits per heavy atom. The molecule has 0 rings (SSSR count). The van der Waals surface area contributed by atoms with E-state index in [1.54, 1.807) is 0 Å². The van der Waals surface area contributed by atoms with Gasteiger partial charge in [0.15, 0.2) is 6.10 Å². The van der Waals surface area contributed by atoms with Gasteiger partial charge in [-0.15, -0.1) is 0 Å². The summed E-state index contributed by atoms with van der Waals surface area (Å²) in [5, 5.41) is 0. The van der Waals surface area contributed by atoms with E-state index in [0.29, 0.717) is 19.3 Å². The highest BCUT2D eigenvalue weighted by Crippen LogP contribution is 2.14. The van der Waals surface area contributed by atoms with Crippen LogP contribution < -0.4 is 0 Å². The lowest BCUT2D eigenvalue weighted by Crippen LogP contribution is -2.30. The van der Waals surface area contributed by atoms with Gasteiger partial charge in [0.05, 0.1) is 0 Å². The molecule has 0 heterocycles. The number of carbonyl (C=O) groups excluding carboxylic acids is 3. The molecule has 6 heteroatoms. The van der Waals surface area contributed by atoms with E-state index in [9.17, 15) is 14.4 Å². The molecule has 0 aromatic heterocycles. The fourth-order valence-corrected chi connectivity index (χ4v) is 6.37. The van der Waals surface area contributed by atoms with Crippen LogP contribution in [-0.4, -0.2) is 37.2 Å². The maximum absolute atomic E-state index is 12.7. The van der Waals surface area contributed by atoms with Crippen molar-refractivity contribution in [2.24, 2.45) is 0 Å². The summed E-state index contributed by atoms with van der Waals surface area (Å²) in [5.74, 6) is -1.00. The third-order valence-corrected chi connectivity index (χ3v) is 9.96. The summed E-state index contributed by atoms with van der Waals surface area (Å²) in [5.41, 5.74) is 0. The van der Waals surface area contributed by atoms with Crippen molar-refractivity contribution in [2.75, 3.05) is 13.2 Å². The number of esters is 3. The Morgan fingerprint density at radius 2 is 0.750 bits per heavy atom. The Bertz CT molecular complexity index is 1230. The molecule has 0 saturated heterocycles. The van der Waals surface area contributed by atoms with Crippen LogP contribution in [0, 0.1) is 0 Å². The van der Waals surface area contributed by atoms with E-state index in [0.717, 1.165) is 83.5 Å². The first kappa shape index (κ1) is 56.3. The first-order chi connectivity index (χ1) is 29.5. The van der Waals surface area contributed by atoms with E-state index in [2.05, 4.69) is 63.3 Å². The second-order valence-corrected chi connectivity index (χ2v) is 15.7. The summed E-state index contributed by atoms with van der Waals surface area (Å²) in [6.45, 7) is 6.29. The van der Waals surface area contributed by atoms with Gasteiger partial charge in [0, 0.05) is 19.3 Å². The Morgan fingerprint density at radius 3 is 1.25 bits per heavy atom. The van der Waals surface area contributed by atoms with Gasteiger partial charge in [-0.3, -0.25) is 14.4 Å². The van der Waals surface area contributed by atoms with Crippen molar-refractivity contribution in [3.63, 3.8) is 0 Å². The standard InChI is InChI=1S/C54H88O6/c1-4-7-10-13-16-19-22-25-26-27-30-32-35-38-41-44-47-53(56)59-50-51(60-54(57)48-45-42-39-36-33-29-24-21-18-15-12-9-6-3)49-58-52(55)46-43-40-37-34-31-28-23-20-17-14-11-8-5-2/h7,9-10,12,15-16,18-19,21,24-26,29,33,36,39,51H,4-6,8,11,13-14,17,20,22-23,27-28,30-32,34-35,37-38,40-50H2,1-3H3/b10-7-,12-9-,18-15-,19-16-,24-21-,26-25-,33-29-,39-36-. The summed E-state index contributed by atoms with van der Waals surface area (Å²) in [6, 6.07) is 0. The topological polar surface area (TPSA) is 78.9 Å². The van der Waals surface area contributed by atoms with Gasteiger partial charge in [-0.1, -0.05) is 221 Å². The maximum Gasteiger partial charge on any atom is 0.306 e. The molecular weight excluding hydrogens is 745 g/mol. The van der Waals surface area contributed by atoms with Gasteiger partial charge in [0.25, 0.3) is 0 Å². The normalized spacial score (nSPS) is 12.9. The van der Waals surface area contributed by atoms with Crippen LogP contribution in [0.15, 0.2) is 97.2 Å². The molecule has 60 heavy (non-hydrogen) atoms. The van der Waals surface area contributed by atoms with Crippen molar-refractivity contribution in [3.05, 3.63) is 97.2 Å². The zero-order valence-corrected chi connectivity index (χ0v) is 38.7. The Kier molecular flexibility index (Phi) is 45.1. The highest BCUT2D eigenvalue weighted by molar-refractivity contribution is 5.71. The van der Waals surface area contributed by atoms with E-state index >= 15 is 0 Å². The second-order valence-electron chi connectivity index (χ2n) is 15.7. The van der Waals surface area contributed by atoms with Gasteiger partial charge in [-0.2, -0.15) is 0 Å². The summed E-state index contributed by atoms with van der Waals surface area (Å²) in [6.07, 6.45) is 62.5. The monoisotopic (exact) mass is 833 g/mol. The van der Waals surface area contributed by atoms with Crippen molar-refractivity contribution >= 4 is 17.9 Å². The Hall–Kier alpha value is -3.67. The molecule has 0 spiro atoms. The van der Waals surface area contributed by atoms with E-state index in [1.165, 1.54) is 77.0 Å². The second kappa shape index (κ2) is 48.0. The molecule has 1 unspecified atom stereocenters. The molecule has 6 nitrogen and oxygen atoms in total. The van der Waals surface area contributed by atoms with Crippen molar-refractivity contribution in [1.29, 1.82) is 0 Å². The van der Waals surface area contributed by atoms with Crippen LogP contribution in [0.4, 0.5) is 0 Å². The summed E-state index contributed by atoms with van der Waals surface area (Å²) in [4.78, 5) is 37.8. The molecule has 0 aromatic rings. The predicted octanol–water partition coefficient (Wildman–Crippen LogP) is 15.8. The molecule has 0 amide bonds. The minimum Gasteiger partial charge on any atom is -0.462 e. The molecule has 0 aliphatic rings. The highest BCUT2D eigenvalue weighted by Gasteiger charge is 2.19. The van der Waals surface area contributed by atoms with Crippen LogP contribution in [0.25, 0.3) is 0 Å². The lowest BCUT2D eigenvalue weighted by atomic mass is 10.0. The number of rotatable bonds is 42. The van der Waals surface area contributed by atoms with Crippen LogP contribution >= 0.6 is 0 Å². The Labute approximate surface area is 368 Å². The van der Waals surface area contributed by atoms with Crippen LogP contribution in [0.3, 0.4) is 0 Å². The first-order valence-electron chi connectivity index (χ1n) is 24.3. The lowest BCUT2D eigenvalue weighted by molar-refractivity contribution is -0.167. The molecular formula is C54H88O6. The van der Waals surface area contributed by atoms with Crippen LogP contribution in [-0.2, 0) is 28.6 Å². The number of carbonyl (C=O) groups is 3. The quantitative estimate of drug-likeness (QED) is 0.0200. The fraction of sp³-hybridized carbons (Fsp3) is 0.648. The number of ether oxygens (including phenoxy) is 3. The van der Waals surface area contributed by atoms with Gasteiger partial charge >= 0.3 is 17.9 Å². The molecule has 0 aliphatic heterocycles. The first-order valence-corrected chi connectivity index (χ1v) is 24.3. The van der Waals surface area contributed by atoms with Crippen LogP contribution in [0.5, 0.6) is 0 Å². The number of hydrogen-bond acceptors (Lipinski definition) is 6. The minimum atomic E-state index is -0.818. The number of unbranched alkanes of at least 4 members (excludes halogenated alkanes) is 19. The van der Waals surface area contributed by atoms with Crippen LogP contribution in [0.2, 0.25) is 0 Å². The van der Waals surface area contributed by atoms with Gasteiger partial charge in [-0.25, -0.2) is 0 Å². The van der Waals surface area contributed by atoms with Crippen LogP contribution in [0.1, 0.15) is 207 Å². The highest BCUT2D eigenvalue weighted by atomic mass is 16.6. The van der Waals surface area contributed by atoms with Gasteiger partial charge in [0.1, 0.15) is 13.2 Å². The third kappa shape index (κ3) is 45.4. The van der Waals surface area contributed by atoms with E-state index in [-0.39, 0.29) is 37.5 Å². The molecule has 0 fully saturated rings. The summed E-state index contributed by atoms with van der Waals surface area (Å²) in [7, 11) is 0. The Balaban J connectivity index is 4.50. The molecule has 340 valence electrons. The molecule has 0 bridgehead atoms. The summed E-state index contributed by atoms with van der Waals surface area (Å²) < 4.78 is 16.7. The molecule has 0 saturated carbocycles. The SMILES string of the molecule is CC\C=C/C=C\C=C/C=C\C=C/CCCC(=O)OC(COC(=O)CCCCCCCC/C=C\C/C=C\C/C=C\CC)COC(=O)CCCCCCCCCCCCCCC. The van der Waals surface area contributed by atoms with E-state index in [1.807, 2.05) is 54.7 Å². The number of allylic oxidation sites excluding steroid dienone is 16. The maximum atomic E-state index is 12.7. The number of hydrogen-bond donors (Lipinski definition) is 0. The zero-order chi connectivity index (χ0) is 43.7. The average molecular weight is 833 g/mol. The molecule has 0 radical (unpaired) electrons. The average Bonchev–Trinajstić information content (AvgIpc) is 3.24. The molecule has 0 N–H and O–H groups in total. The minimum absolute atomic E-state index is 0.110. The lowest BCUT2D eigenvalue weighted by Gasteiger charge is -2.18. The predicted molar refractivity (Wildman–Crippen MR) is 256 cm³/mol. The zero-order valence-electron chi connectivity index (χ0n) is 38.7. The van der Waals surface area contributed by atoms with Crippen molar-refractivity contribution in [2.45, 2.75) is 213 Å². The van der Waals surface area contributed by atoms with Crippen molar-refractivity contribution in [1.82, 2.24) is 0 Å². The molecule has 1 atom stereocenters. The van der Waals surface area contributed by atoms with E-state index in [4.69, 9.17) is 14.2 Å². The largest absolute Gasteiger partial charge is 0.462 e. The van der Waals surface area contributed by atoms with Gasteiger partial charge in [-0.05, 0) is 64.2 Å². The molecule has 0 aliphatic carbocycles. The fourth-order valence-electron chi connectivity index (χ4n) is 6.37. The van der Waals surface area contributed by atoms with Crippen molar-refractivity contribution < 1.29 is 28.6 Å². The smallest absolute Gasteiger partial charge is 0.306 e. The van der Waals surface area contributed by atoms with Crippen molar-refractivity contribution in [3.8, 4) is 0 Å². The van der Waals surface area contributed by atoms with Gasteiger partial charge in [0.2, 0.25) is 0 Å². The third-order valence-electron chi connectivity index (χ3n) is 9.96. The van der Waals surface area contributed by atoms with E-state index < -0.39 is 6.10 Å². The van der Waals surface area contributed by atoms with Gasteiger partial charge < -0.3 is 14.2 Å².